The van der Waals surface area contributed by atoms with E-state index in [2.05, 4.69) is 64.9 Å². The fourth-order valence-electron chi connectivity index (χ4n) is 4.10. The molecule has 0 aliphatic heterocycles. The van der Waals surface area contributed by atoms with Crippen molar-refractivity contribution in [1.82, 2.24) is 4.57 Å². The topological polar surface area (TPSA) is 69.3 Å². The molecule has 0 radical (unpaired) electrons. The maximum absolute atomic E-state index is 11.4. The van der Waals surface area contributed by atoms with E-state index < -0.39 is 5.97 Å². The molecular formula is C30H27N3O2. The second kappa shape index (κ2) is 11.0. The van der Waals surface area contributed by atoms with E-state index in [1.807, 2.05) is 48.5 Å². The number of anilines is 3. The monoisotopic (exact) mass is 461 g/mol. The van der Waals surface area contributed by atoms with Gasteiger partial charge in [-0.15, -0.1) is 0 Å². The summed E-state index contributed by atoms with van der Waals surface area (Å²) >= 11 is 0. The van der Waals surface area contributed by atoms with Gasteiger partial charge < -0.3 is 14.6 Å². The lowest BCUT2D eigenvalue weighted by Gasteiger charge is -2.25. The molecule has 0 aliphatic carbocycles. The van der Waals surface area contributed by atoms with Gasteiger partial charge in [0, 0.05) is 35.0 Å². The van der Waals surface area contributed by atoms with Crippen molar-refractivity contribution in [3.05, 3.63) is 108 Å². The third-order valence-electron chi connectivity index (χ3n) is 5.84. The summed E-state index contributed by atoms with van der Waals surface area (Å²) in [7, 11) is 0. The molecule has 0 spiro atoms. The average Bonchev–Trinajstić information content (AvgIpc) is 3.30. The Morgan fingerprint density at radius 1 is 0.886 bits per heavy atom. The van der Waals surface area contributed by atoms with Crippen molar-refractivity contribution in [2.45, 2.75) is 26.3 Å². The van der Waals surface area contributed by atoms with Crippen molar-refractivity contribution >= 4 is 29.1 Å². The molecule has 5 nitrogen and oxygen atoms in total. The van der Waals surface area contributed by atoms with Gasteiger partial charge in [0.2, 0.25) is 0 Å². The second-order valence-electron chi connectivity index (χ2n) is 8.18. The highest BCUT2D eigenvalue weighted by Crippen LogP contribution is 2.35. The van der Waals surface area contributed by atoms with Crippen molar-refractivity contribution in [2.24, 2.45) is 0 Å². The molecule has 0 aliphatic rings. The molecule has 0 atom stereocenters. The van der Waals surface area contributed by atoms with Gasteiger partial charge in [-0.05, 0) is 66.6 Å². The van der Waals surface area contributed by atoms with Gasteiger partial charge >= 0.3 is 5.97 Å². The fraction of sp³-hybridized carbons (Fsp3) is 0.133. The molecule has 0 amide bonds. The first kappa shape index (κ1) is 23.6. The summed E-state index contributed by atoms with van der Waals surface area (Å²) in [4.78, 5) is 13.6. The Kier molecular flexibility index (Phi) is 7.44. The van der Waals surface area contributed by atoms with Crippen LogP contribution in [0.5, 0.6) is 0 Å². The molecule has 0 saturated heterocycles. The highest BCUT2D eigenvalue weighted by atomic mass is 16.4. The van der Waals surface area contributed by atoms with Gasteiger partial charge in [-0.3, -0.25) is 0 Å². The summed E-state index contributed by atoms with van der Waals surface area (Å²) in [6.45, 7) is 2.86. The van der Waals surface area contributed by atoms with Gasteiger partial charge in [0.05, 0.1) is 0 Å². The highest BCUT2D eigenvalue weighted by Gasteiger charge is 2.15. The number of aromatic nitrogens is 1. The predicted octanol–water partition coefficient (Wildman–Crippen LogP) is 7.42. The highest BCUT2D eigenvalue weighted by molar-refractivity contribution is 5.96. The second-order valence-corrected chi connectivity index (χ2v) is 8.18. The van der Waals surface area contributed by atoms with E-state index in [0.29, 0.717) is 5.69 Å². The molecular weight excluding hydrogens is 434 g/mol. The zero-order chi connectivity index (χ0) is 24.6. The van der Waals surface area contributed by atoms with Crippen molar-refractivity contribution < 1.29 is 9.90 Å². The van der Waals surface area contributed by atoms with E-state index >= 15 is 0 Å². The molecule has 1 heterocycles. The normalized spacial score (nSPS) is 11.1. The lowest BCUT2D eigenvalue weighted by Crippen LogP contribution is -2.09. The number of unbranched alkanes of at least 4 members (excludes halogenated alkanes) is 1. The number of nitriles is 1. The van der Waals surface area contributed by atoms with Crippen molar-refractivity contribution in [2.75, 3.05) is 4.90 Å². The Balaban J connectivity index is 1.74. The molecule has 1 aromatic heterocycles. The van der Waals surface area contributed by atoms with Gasteiger partial charge in [-0.2, -0.15) is 5.26 Å². The Hall–Kier alpha value is -4.56. The first-order valence-corrected chi connectivity index (χ1v) is 11.7. The predicted molar refractivity (Wildman–Crippen MR) is 141 cm³/mol. The number of carbonyl (C=O) groups is 1. The van der Waals surface area contributed by atoms with Crippen LogP contribution < -0.4 is 4.90 Å². The van der Waals surface area contributed by atoms with Gasteiger partial charge in [0.15, 0.2) is 0 Å². The Morgan fingerprint density at radius 3 is 1.97 bits per heavy atom. The first-order chi connectivity index (χ1) is 17.1. The summed E-state index contributed by atoms with van der Waals surface area (Å²) in [6, 6.07) is 34.5. The van der Waals surface area contributed by atoms with E-state index in [1.165, 1.54) is 6.08 Å². The molecule has 0 saturated carbocycles. The Bertz CT molecular complexity index is 1310. The summed E-state index contributed by atoms with van der Waals surface area (Å²) < 4.78 is 2.09. The number of para-hydroxylation sites is 2. The van der Waals surface area contributed by atoms with Crippen LogP contribution in [0.15, 0.2) is 103 Å². The average molecular weight is 462 g/mol. The van der Waals surface area contributed by atoms with E-state index in [4.69, 9.17) is 0 Å². The lowest BCUT2D eigenvalue weighted by atomic mass is 10.1. The maximum atomic E-state index is 11.4. The third-order valence-corrected chi connectivity index (χ3v) is 5.84. The quantitative estimate of drug-likeness (QED) is 0.208. The number of benzene rings is 3. The zero-order valence-electron chi connectivity index (χ0n) is 19.6. The molecule has 0 bridgehead atoms. The zero-order valence-corrected chi connectivity index (χ0v) is 19.6. The van der Waals surface area contributed by atoms with Crippen LogP contribution in [0.25, 0.3) is 17.3 Å². The third kappa shape index (κ3) is 5.34. The SMILES string of the molecule is CCCCn1c(/C=C(/C#N)C(=O)O)ccc1-c1ccc(N(c2ccccc2)c2ccccc2)cc1. The van der Waals surface area contributed by atoms with Crippen LogP contribution in [0.4, 0.5) is 17.1 Å². The molecule has 0 fully saturated rings. The fourth-order valence-corrected chi connectivity index (χ4v) is 4.10. The van der Waals surface area contributed by atoms with Crippen LogP contribution in [-0.4, -0.2) is 15.6 Å². The summed E-state index contributed by atoms with van der Waals surface area (Å²) in [5.74, 6) is -1.22. The van der Waals surface area contributed by atoms with Gasteiger partial charge in [-0.25, -0.2) is 4.79 Å². The van der Waals surface area contributed by atoms with E-state index in [0.717, 1.165) is 47.7 Å². The summed E-state index contributed by atoms with van der Waals surface area (Å²) in [5, 5.41) is 18.5. The Morgan fingerprint density at radius 2 is 1.46 bits per heavy atom. The van der Waals surface area contributed by atoms with E-state index in [9.17, 15) is 15.2 Å². The van der Waals surface area contributed by atoms with Crippen LogP contribution in [0.3, 0.4) is 0 Å². The van der Waals surface area contributed by atoms with E-state index in [-0.39, 0.29) is 5.57 Å². The van der Waals surface area contributed by atoms with Crippen LogP contribution in [0, 0.1) is 11.3 Å². The van der Waals surface area contributed by atoms with Crippen LogP contribution in [-0.2, 0) is 11.3 Å². The number of aliphatic carboxylic acids is 1. The van der Waals surface area contributed by atoms with Crippen LogP contribution in [0.1, 0.15) is 25.5 Å². The Labute approximate surface area is 205 Å². The molecule has 1 N–H and O–H groups in total. The minimum absolute atomic E-state index is 0.274. The number of hydrogen-bond acceptors (Lipinski definition) is 3. The van der Waals surface area contributed by atoms with Crippen LogP contribution >= 0.6 is 0 Å². The molecule has 5 heteroatoms. The van der Waals surface area contributed by atoms with Gasteiger partial charge in [0.1, 0.15) is 11.6 Å². The minimum Gasteiger partial charge on any atom is -0.477 e. The van der Waals surface area contributed by atoms with Gasteiger partial charge in [-0.1, -0.05) is 61.9 Å². The number of nitrogens with zero attached hydrogens (tertiary/aromatic N) is 3. The van der Waals surface area contributed by atoms with Crippen molar-refractivity contribution in [3.63, 3.8) is 0 Å². The van der Waals surface area contributed by atoms with Crippen molar-refractivity contribution in [3.8, 4) is 17.3 Å². The molecule has 0 unspecified atom stereocenters. The minimum atomic E-state index is -1.22. The molecule has 35 heavy (non-hydrogen) atoms. The standard InChI is InChI=1S/C30H27N3O2/c1-2-3-20-32-28(21-24(22-31)30(34)35)18-19-29(32)23-14-16-27(17-15-23)33(25-10-6-4-7-11-25)26-12-8-5-9-13-26/h4-19,21H,2-3,20H2,1H3,(H,34,35)/b24-21-. The first-order valence-electron chi connectivity index (χ1n) is 11.7. The largest absolute Gasteiger partial charge is 0.477 e. The molecule has 4 rings (SSSR count). The van der Waals surface area contributed by atoms with Crippen LogP contribution in [0.2, 0.25) is 0 Å². The van der Waals surface area contributed by atoms with Crippen molar-refractivity contribution in [1.29, 1.82) is 5.26 Å². The number of carboxylic acids is 1. The summed E-state index contributed by atoms with van der Waals surface area (Å²) in [6.07, 6.45) is 3.40. The number of rotatable bonds is 9. The number of hydrogen-bond donors (Lipinski definition) is 1. The lowest BCUT2D eigenvalue weighted by molar-refractivity contribution is -0.132. The molecule has 174 valence electrons. The number of carboxylic acid groups (broad SMARTS) is 1. The van der Waals surface area contributed by atoms with Gasteiger partial charge in [0.25, 0.3) is 0 Å². The van der Waals surface area contributed by atoms with E-state index in [1.54, 1.807) is 6.07 Å². The molecule has 3 aromatic carbocycles. The smallest absolute Gasteiger partial charge is 0.346 e. The molecule has 4 aromatic rings. The summed E-state index contributed by atoms with van der Waals surface area (Å²) in [5.41, 5.74) is 5.64. The maximum Gasteiger partial charge on any atom is 0.346 e.